The number of ether oxygens (including phenoxy) is 1. The van der Waals surface area contributed by atoms with Crippen LogP contribution in [0.5, 0.6) is 0 Å². The molecule has 4 nitrogen and oxygen atoms in total. The quantitative estimate of drug-likeness (QED) is 0.744. The molecule has 1 aromatic carbocycles. The minimum atomic E-state index is -0.548. The molecule has 1 aromatic rings. The summed E-state index contributed by atoms with van der Waals surface area (Å²) in [5.41, 5.74) is -0.0505. The van der Waals surface area contributed by atoms with Crippen LogP contribution < -0.4 is 10.6 Å². The van der Waals surface area contributed by atoms with Crippen LogP contribution in [0.1, 0.15) is 46.2 Å². The normalized spacial score (nSPS) is 14.3. The van der Waals surface area contributed by atoms with Crippen molar-refractivity contribution in [3.63, 3.8) is 0 Å². The number of nitrogens with one attached hydrogen (secondary N) is 2. The van der Waals surface area contributed by atoms with Gasteiger partial charge in [0.15, 0.2) is 0 Å². The van der Waals surface area contributed by atoms with E-state index in [1.165, 1.54) is 12.1 Å². The summed E-state index contributed by atoms with van der Waals surface area (Å²) in [4.78, 5) is 11.7. The molecule has 2 unspecified atom stereocenters. The van der Waals surface area contributed by atoms with Crippen molar-refractivity contribution >= 4 is 29.3 Å². The first kappa shape index (κ1) is 20.0. The van der Waals surface area contributed by atoms with Crippen LogP contribution in [0.2, 0.25) is 10.0 Å². The summed E-state index contributed by atoms with van der Waals surface area (Å²) in [5, 5.41) is 6.29. The lowest BCUT2D eigenvalue weighted by atomic mass is 10.1. The fraction of sp³-hybridized carbons (Fsp3) is 0.562. The molecule has 0 aromatic heterocycles. The number of carbonyl (C=O) groups excluding carboxylic acids is 1. The highest BCUT2D eigenvalue weighted by atomic mass is 35.5. The van der Waals surface area contributed by atoms with Crippen LogP contribution in [0.3, 0.4) is 0 Å². The molecule has 7 heteroatoms. The molecule has 0 aliphatic heterocycles. The highest BCUT2D eigenvalue weighted by molar-refractivity contribution is 6.36. The number of amides is 1. The number of hydrogen-bond acceptors (Lipinski definition) is 3. The van der Waals surface area contributed by atoms with E-state index in [0.29, 0.717) is 17.1 Å². The Morgan fingerprint density at radius 1 is 1.30 bits per heavy atom. The Morgan fingerprint density at radius 3 is 2.48 bits per heavy atom. The first-order valence-electron chi connectivity index (χ1n) is 7.37. The van der Waals surface area contributed by atoms with Crippen molar-refractivity contribution < 1.29 is 13.9 Å². The van der Waals surface area contributed by atoms with Crippen molar-refractivity contribution in [1.29, 1.82) is 0 Å². The summed E-state index contributed by atoms with van der Waals surface area (Å²) in [6.45, 7) is 9.50. The van der Waals surface area contributed by atoms with E-state index in [2.05, 4.69) is 10.6 Å². The molecule has 0 aliphatic carbocycles. The molecule has 23 heavy (non-hydrogen) atoms. The summed E-state index contributed by atoms with van der Waals surface area (Å²) < 4.78 is 18.7. The van der Waals surface area contributed by atoms with Gasteiger partial charge in [-0.25, -0.2) is 9.18 Å². The van der Waals surface area contributed by atoms with Crippen LogP contribution in [0.25, 0.3) is 0 Å². The molecule has 1 amide bonds. The maximum Gasteiger partial charge on any atom is 0.407 e. The lowest BCUT2D eigenvalue weighted by Crippen LogP contribution is -2.43. The molecule has 0 saturated carbocycles. The smallest absolute Gasteiger partial charge is 0.407 e. The third-order valence-corrected chi connectivity index (χ3v) is 3.72. The van der Waals surface area contributed by atoms with Crippen molar-refractivity contribution in [3.8, 4) is 0 Å². The number of carbonyl (C=O) groups is 1. The highest BCUT2D eigenvalue weighted by Crippen LogP contribution is 2.32. The molecule has 0 spiro atoms. The predicted octanol–water partition coefficient (Wildman–Crippen LogP) is 4.70. The van der Waals surface area contributed by atoms with E-state index in [0.717, 1.165) is 0 Å². The molecule has 2 atom stereocenters. The maximum absolute atomic E-state index is 13.6. The Labute approximate surface area is 146 Å². The van der Waals surface area contributed by atoms with Gasteiger partial charge in [-0.2, -0.15) is 0 Å². The Balaban J connectivity index is 2.58. The van der Waals surface area contributed by atoms with Gasteiger partial charge in [0.25, 0.3) is 0 Å². The number of alkyl carbamates (subject to hydrolysis) is 1. The van der Waals surface area contributed by atoms with Crippen LogP contribution in [0.4, 0.5) is 9.18 Å². The van der Waals surface area contributed by atoms with Crippen LogP contribution in [-0.4, -0.2) is 24.3 Å². The van der Waals surface area contributed by atoms with Gasteiger partial charge < -0.3 is 15.4 Å². The molecule has 0 saturated heterocycles. The second-order valence-corrected chi connectivity index (χ2v) is 7.22. The van der Waals surface area contributed by atoms with Gasteiger partial charge in [0, 0.05) is 29.2 Å². The van der Waals surface area contributed by atoms with E-state index >= 15 is 0 Å². The Kier molecular flexibility index (Phi) is 7.11. The lowest BCUT2D eigenvalue weighted by Gasteiger charge is -2.23. The number of halogens is 3. The van der Waals surface area contributed by atoms with Crippen LogP contribution in [-0.2, 0) is 4.74 Å². The average molecular weight is 365 g/mol. The van der Waals surface area contributed by atoms with Crippen molar-refractivity contribution in [3.05, 3.63) is 33.6 Å². The number of hydrogen-bond donors (Lipinski definition) is 2. The Morgan fingerprint density at radius 2 is 1.91 bits per heavy atom. The third-order valence-electron chi connectivity index (χ3n) is 3.01. The number of rotatable bonds is 5. The zero-order valence-corrected chi connectivity index (χ0v) is 15.5. The predicted molar refractivity (Wildman–Crippen MR) is 91.7 cm³/mol. The molecule has 0 aliphatic rings. The topological polar surface area (TPSA) is 50.4 Å². The van der Waals surface area contributed by atoms with Crippen LogP contribution in [0, 0.1) is 5.82 Å². The minimum Gasteiger partial charge on any atom is -0.444 e. The summed E-state index contributed by atoms with van der Waals surface area (Å²) in [7, 11) is 0. The molecule has 0 bridgehead atoms. The van der Waals surface area contributed by atoms with Gasteiger partial charge >= 0.3 is 6.09 Å². The first-order valence-corrected chi connectivity index (χ1v) is 8.13. The van der Waals surface area contributed by atoms with Crippen LogP contribution in [0.15, 0.2) is 12.1 Å². The van der Waals surface area contributed by atoms with Gasteiger partial charge in [-0.05, 0) is 46.8 Å². The molecule has 1 rings (SSSR count). The van der Waals surface area contributed by atoms with E-state index in [4.69, 9.17) is 27.9 Å². The zero-order valence-electron chi connectivity index (χ0n) is 14.0. The average Bonchev–Trinajstić information content (AvgIpc) is 2.39. The zero-order chi connectivity index (χ0) is 17.8. The monoisotopic (exact) mass is 364 g/mol. The van der Waals surface area contributed by atoms with Gasteiger partial charge in [0.05, 0.1) is 5.02 Å². The van der Waals surface area contributed by atoms with Gasteiger partial charge in [0.2, 0.25) is 0 Å². The first-order chi connectivity index (χ1) is 10.5. The highest BCUT2D eigenvalue weighted by Gasteiger charge is 2.20. The summed E-state index contributed by atoms with van der Waals surface area (Å²) in [6, 6.07) is 2.25. The SMILES string of the molecule is CC(CNC(C)c1c(Cl)ccc(F)c1Cl)NC(=O)OC(C)(C)C. The third kappa shape index (κ3) is 6.53. The molecule has 0 fully saturated rings. The van der Waals surface area contributed by atoms with Gasteiger partial charge in [-0.15, -0.1) is 0 Å². The number of benzene rings is 1. The Bertz CT molecular complexity index is 562. The van der Waals surface area contributed by atoms with E-state index in [9.17, 15) is 9.18 Å². The van der Waals surface area contributed by atoms with Gasteiger partial charge in [-0.1, -0.05) is 23.2 Å². The minimum absolute atomic E-state index is 0.00487. The van der Waals surface area contributed by atoms with Crippen molar-refractivity contribution in [1.82, 2.24) is 10.6 Å². The lowest BCUT2D eigenvalue weighted by molar-refractivity contribution is 0.0507. The van der Waals surface area contributed by atoms with Gasteiger partial charge in [-0.3, -0.25) is 0 Å². The molecule has 0 heterocycles. The Hall–Kier alpha value is -1.04. The summed E-state index contributed by atoms with van der Waals surface area (Å²) >= 11 is 12.1. The maximum atomic E-state index is 13.6. The molecule has 0 radical (unpaired) electrons. The molecule has 130 valence electrons. The molecular formula is C16H23Cl2FN2O2. The largest absolute Gasteiger partial charge is 0.444 e. The molecular weight excluding hydrogens is 342 g/mol. The van der Waals surface area contributed by atoms with E-state index in [1.54, 1.807) is 20.8 Å². The fourth-order valence-electron chi connectivity index (χ4n) is 1.96. The second kappa shape index (κ2) is 8.18. The van der Waals surface area contributed by atoms with E-state index in [1.807, 2.05) is 13.8 Å². The summed E-state index contributed by atoms with van der Waals surface area (Å²) in [5.74, 6) is -0.514. The standard InChI is InChI=1S/C16H23Cl2FN2O2/c1-9(21-15(22)23-16(3,4)5)8-20-10(2)13-11(17)6-7-12(19)14(13)18/h6-7,9-10,20H,8H2,1-5H3,(H,21,22). The second-order valence-electron chi connectivity index (χ2n) is 6.43. The molecule has 2 N–H and O–H groups in total. The summed E-state index contributed by atoms with van der Waals surface area (Å²) in [6.07, 6.45) is -0.485. The van der Waals surface area contributed by atoms with Crippen molar-refractivity contribution in [2.75, 3.05) is 6.54 Å². The van der Waals surface area contributed by atoms with E-state index in [-0.39, 0.29) is 17.1 Å². The van der Waals surface area contributed by atoms with Gasteiger partial charge in [0.1, 0.15) is 11.4 Å². The van der Waals surface area contributed by atoms with Crippen LogP contribution >= 0.6 is 23.2 Å². The van der Waals surface area contributed by atoms with E-state index < -0.39 is 17.5 Å². The van der Waals surface area contributed by atoms with Crippen molar-refractivity contribution in [2.24, 2.45) is 0 Å². The fourth-order valence-corrected chi connectivity index (χ4v) is 2.65. The van der Waals surface area contributed by atoms with Crippen molar-refractivity contribution in [2.45, 2.75) is 52.3 Å².